The maximum atomic E-state index is 11.1. The lowest BCUT2D eigenvalue weighted by Crippen LogP contribution is -2.31. The van der Waals surface area contributed by atoms with E-state index in [0.717, 1.165) is 11.4 Å². The van der Waals surface area contributed by atoms with Crippen molar-refractivity contribution in [3.63, 3.8) is 0 Å². The van der Waals surface area contributed by atoms with E-state index in [2.05, 4.69) is 0 Å². The number of nitrogens with two attached hydrogens (primary N) is 1. The minimum atomic E-state index is -0.347. The summed E-state index contributed by atoms with van der Waals surface area (Å²) in [5.41, 5.74) is 6.22. The van der Waals surface area contributed by atoms with Crippen molar-refractivity contribution in [1.82, 2.24) is 0 Å². The first kappa shape index (κ1) is 19.2. The number of anilines is 1. The molecule has 0 saturated carbocycles. The number of halogens is 2. The molecule has 0 aliphatic carbocycles. The lowest BCUT2D eigenvalue weighted by Gasteiger charge is -2.24. The van der Waals surface area contributed by atoms with Crippen LogP contribution < -0.4 is 20.1 Å². The van der Waals surface area contributed by atoms with Crippen LogP contribution in [0.4, 0.5) is 5.69 Å². The van der Waals surface area contributed by atoms with E-state index < -0.39 is 0 Å². The van der Waals surface area contributed by atoms with Crippen LogP contribution in [0.5, 0.6) is 11.5 Å². The van der Waals surface area contributed by atoms with Crippen LogP contribution in [0.2, 0.25) is 10.0 Å². The minimum Gasteiger partial charge on any atom is -0.497 e. The standard InChI is InChI=1S/C18H20Cl2N2O3/c1-24-15-5-3-14(4-6-15)22(9-8-18(21)23)10-11-25-17-7-2-13(19)12-16(17)20/h2-7,12H,8-11H2,1H3,(H2,21,23). The molecule has 0 atom stereocenters. The summed E-state index contributed by atoms with van der Waals surface area (Å²) in [5, 5.41) is 1.01. The summed E-state index contributed by atoms with van der Waals surface area (Å²) in [6, 6.07) is 12.7. The van der Waals surface area contributed by atoms with Gasteiger partial charge in [-0.2, -0.15) is 0 Å². The van der Waals surface area contributed by atoms with E-state index in [9.17, 15) is 4.79 Å². The number of amides is 1. The summed E-state index contributed by atoms with van der Waals surface area (Å²) >= 11 is 12.0. The van der Waals surface area contributed by atoms with Crippen LogP contribution in [0.1, 0.15) is 6.42 Å². The first-order chi connectivity index (χ1) is 12.0. The zero-order chi connectivity index (χ0) is 18.2. The van der Waals surface area contributed by atoms with Gasteiger partial charge >= 0.3 is 0 Å². The molecule has 0 radical (unpaired) electrons. The van der Waals surface area contributed by atoms with Gasteiger partial charge in [0.1, 0.15) is 18.1 Å². The highest BCUT2D eigenvalue weighted by molar-refractivity contribution is 6.35. The third-order valence-electron chi connectivity index (χ3n) is 3.58. The fraction of sp³-hybridized carbons (Fsp3) is 0.278. The van der Waals surface area contributed by atoms with Crippen LogP contribution in [0.25, 0.3) is 0 Å². The van der Waals surface area contributed by atoms with E-state index in [4.69, 9.17) is 38.4 Å². The molecule has 0 fully saturated rings. The van der Waals surface area contributed by atoms with Gasteiger partial charge in [-0.05, 0) is 42.5 Å². The Morgan fingerprint density at radius 2 is 1.84 bits per heavy atom. The number of primary amides is 1. The molecule has 2 rings (SSSR count). The largest absolute Gasteiger partial charge is 0.497 e. The van der Waals surface area contributed by atoms with E-state index in [-0.39, 0.29) is 12.3 Å². The second kappa shape index (κ2) is 9.39. The Bertz CT molecular complexity index is 708. The van der Waals surface area contributed by atoms with Gasteiger partial charge < -0.3 is 20.1 Å². The number of hydrogen-bond donors (Lipinski definition) is 1. The molecule has 0 bridgehead atoms. The van der Waals surface area contributed by atoms with Gasteiger partial charge in [-0.1, -0.05) is 23.2 Å². The first-order valence-corrected chi connectivity index (χ1v) is 8.50. The van der Waals surface area contributed by atoms with Crippen LogP contribution in [-0.2, 0) is 4.79 Å². The molecule has 5 nitrogen and oxygen atoms in total. The Balaban J connectivity index is 2.00. The highest BCUT2D eigenvalue weighted by Gasteiger charge is 2.10. The molecule has 2 N–H and O–H groups in total. The maximum absolute atomic E-state index is 11.1. The van der Waals surface area contributed by atoms with E-state index >= 15 is 0 Å². The average molecular weight is 383 g/mol. The fourth-order valence-electron chi connectivity index (χ4n) is 2.27. The number of nitrogens with zero attached hydrogens (tertiary/aromatic N) is 1. The SMILES string of the molecule is COc1ccc(N(CCOc2ccc(Cl)cc2Cl)CCC(N)=O)cc1. The van der Waals surface area contributed by atoms with Crippen LogP contribution >= 0.6 is 23.2 Å². The van der Waals surface area contributed by atoms with Crippen LogP contribution in [-0.4, -0.2) is 32.7 Å². The lowest BCUT2D eigenvalue weighted by atomic mass is 10.2. The van der Waals surface area contributed by atoms with Gasteiger partial charge in [-0.3, -0.25) is 4.79 Å². The van der Waals surface area contributed by atoms with Gasteiger partial charge in [0.05, 0.1) is 18.7 Å². The van der Waals surface area contributed by atoms with Gasteiger partial charge in [0.25, 0.3) is 0 Å². The second-order valence-corrected chi connectivity index (χ2v) is 6.17. The predicted molar refractivity (Wildman–Crippen MR) is 101 cm³/mol. The minimum absolute atomic E-state index is 0.258. The van der Waals surface area contributed by atoms with Crippen molar-refractivity contribution in [2.24, 2.45) is 5.73 Å². The van der Waals surface area contributed by atoms with E-state index in [1.807, 2.05) is 29.2 Å². The van der Waals surface area contributed by atoms with Crippen molar-refractivity contribution >= 4 is 34.8 Å². The van der Waals surface area contributed by atoms with Crippen LogP contribution in [0.15, 0.2) is 42.5 Å². The number of rotatable bonds is 9. The first-order valence-electron chi connectivity index (χ1n) is 7.74. The van der Waals surface area contributed by atoms with Gasteiger partial charge in [0.15, 0.2) is 0 Å². The molecular formula is C18H20Cl2N2O3. The number of benzene rings is 2. The molecule has 0 aromatic heterocycles. The Morgan fingerprint density at radius 3 is 2.44 bits per heavy atom. The number of methoxy groups -OCH3 is 1. The van der Waals surface area contributed by atoms with Gasteiger partial charge in [0.2, 0.25) is 5.91 Å². The Labute approximate surface area is 157 Å². The summed E-state index contributed by atoms with van der Waals surface area (Å²) in [6.07, 6.45) is 0.258. The van der Waals surface area contributed by atoms with Crippen molar-refractivity contribution < 1.29 is 14.3 Å². The van der Waals surface area contributed by atoms with Crippen molar-refractivity contribution in [2.75, 3.05) is 31.7 Å². The smallest absolute Gasteiger partial charge is 0.219 e. The highest BCUT2D eigenvalue weighted by Crippen LogP contribution is 2.27. The Morgan fingerprint density at radius 1 is 1.12 bits per heavy atom. The molecule has 0 spiro atoms. The van der Waals surface area contributed by atoms with E-state index in [0.29, 0.717) is 35.5 Å². The van der Waals surface area contributed by atoms with Crippen molar-refractivity contribution in [3.8, 4) is 11.5 Å². The average Bonchev–Trinajstić information content (AvgIpc) is 2.59. The molecule has 7 heteroatoms. The van der Waals surface area contributed by atoms with Gasteiger partial charge in [-0.15, -0.1) is 0 Å². The number of ether oxygens (including phenoxy) is 2. The summed E-state index contributed by atoms with van der Waals surface area (Å²) < 4.78 is 10.9. The highest BCUT2D eigenvalue weighted by atomic mass is 35.5. The molecule has 2 aromatic rings. The van der Waals surface area contributed by atoms with E-state index in [1.54, 1.807) is 25.3 Å². The third kappa shape index (κ3) is 6.03. The summed E-state index contributed by atoms with van der Waals surface area (Å²) in [4.78, 5) is 13.1. The third-order valence-corrected chi connectivity index (χ3v) is 4.11. The van der Waals surface area contributed by atoms with Gasteiger partial charge in [0, 0.05) is 23.7 Å². The summed E-state index contributed by atoms with van der Waals surface area (Å²) in [6.45, 7) is 1.46. The second-order valence-electron chi connectivity index (χ2n) is 5.32. The molecule has 0 aliphatic rings. The molecule has 0 aliphatic heterocycles. The lowest BCUT2D eigenvalue weighted by molar-refractivity contribution is -0.117. The molecule has 25 heavy (non-hydrogen) atoms. The fourth-order valence-corrected chi connectivity index (χ4v) is 2.73. The Hall–Kier alpha value is -2.11. The van der Waals surface area contributed by atoms with Crippen molar-refractivity contribution in [3.05, 3.63) is 52.5 Å². The Kier molecular flexibility index (Phi) is 7.22. The summed E-state index contributed by atoms with van der Waals surface area (Å²) in [5.74, 6) is 0.985. The summed E-state index contributed by atoms with van der Waals surface area (Å²) in [7, 11) is 1.61. The number of hydrogen-bond acceptors (Lipinski definition) is 4. The molecule has 1 amide bonds. The van der Waals surface area contributed by atoms with Crippen molar-refractivity contribution in [2.45, 2.75) is 6.42 Å². The van der Waals surface area contributed by atoms with E-state index in [1.165, 1.54) is 0 Å². The zero-order valence-corrected chi connectivity index (χ0v) is 15.4. The normalized spacial score (nSPS) is 10.4. The topological polar surface area (TPSA) is 64.8 Å². The van der Waals surface area contributed by atoms with Gasteiger partial charge in [-0.25, -0.2) is 0 Å². The molecule has 0 saturated heterocycles. The molecular weight excluding hydrogens is 363 g/mol. The predicted octanol–water partition coefficient (Wildman–Crippen LogP) is 3.76. The quantitative estimate of drug-likeness (QED) is 0.716. The number of carbonyl (C=O) groups is 1. The number of carbonyl (C=O) groups excluding carboxylic acids is 1. The molecule has 2 aromatic carbocycles. The van der Waals surface area contributed by atoms with Crippen LogP contribution in [0.3, 0.4) is 0 Å². The monoisotopic (exact) mass is 382 g/mol. The van der Waals surface area contributed by atoms with Crippen molar-refractivity contribution in [1.29, 1.82) is 0 Å². The van der Waals surface area contributed by atoms with Crippen LogP contribution in [0, 0.1) is 0 Å². The molecule has 0 unspecified atom stereocenters. The maximum Gasteiger partial charge on any atom is 0.219 e. The molecule has 0 heterocycles. The molecule has 134 valence electrons. The zero-order valence-electron chi connectivity index (χ0n) is 13.9.